The first-order valence-electron chi connectivity index (χ1n) is 5.33. The number of hydrogen-bond acceptors (Lipinski definition) is 4. The van der Waals surface area contributed by atoms with Crippen molar-refractivity contribution in [2.24, 2.45) is 0 Å². The zero-order chi connectivity index (χ0) is 11.4. The summed E-state index contributed by atoms with van der Waals surface area (Å²) in [5.74, 6) is 0. The Labute approximate surface area is 99.6 Å². The number of rotatable bonds is 4. The Morgan fingerprint density at radius 2 is 2.25 bits per heavy atom. The third kappa shape index (κ3) is 2.46. The number of aromatic nitrogens is 2. The maximum absolute atomic E-state index is 4.63. The van der Waals surface area contributed by atoms with E-state index in [9.17, 15) is 0 Å². The molecule has 0 saturated heterocycles. The van der Waals surface area contributed by atoms with Gasteiger partial charge in [-0.3, -0.25) is 4.98 Å². The zero-order valence-electron chi connectivity index (χ0n) is 9.53. The lowest BCUT2D eigenvalue weighted by molar-refractivity contribution is 0.777. The van der Waals surface area contributed by atoms with Crippen molar-refractivity contribution in [1.82, 2.24) is 15.3 Å². The van der Waals surface area contributed by atoms with Gasteiger partial charge in [0, 0.05) is 24.0 Å². The molecule has 0 aromatic carbocycles. The summed E-state index contributed by atoms with van der Waals surface area (Å²) >= 11 is 1.72. The van der Waals surface area contributed by atoms with Gasteiger partial charge in [0.05, 0.1) is 11.4 Å². The summed E-state index contributed by atoms with van der Waals surface area (Å²) < 4.78 is 0. The third-order valence-electron chi connectivity index (χ3n) is 2.39. The smallest absolute Gasteiger partial charge is 0.142 e. The molecule has 0 aliphatic rings. The van der Waals surface area contributed by atoms with Crippen molar-refractivity contribution < 1.29 is 0 Å². The molecule has 0 amide bonds. The Balaban J connectivity index is 2.24. The van der Waals surface area contributed by atoms with Crippen LogP contribution in [0.25, 0.3) is 10.7 Å². The predicted molar refractivity (Wildman–Crippen MR) is 67.7 cm³/mol. The average Bonchev–Trinajstić information content (AvgIpc) is 2.69. The van der Waals surface area contributed by atoms with Gasteiger partial charge in [0.2, 0.25) is 0 Å². The molecule has 2 rings (SSSR count). The van der Waals surface area contributed by atoms with Crippen LogP contribution in [0.2, 0.25) is 0 Å². The molecule has 2 heterocycles. The molecular weight excluding hydrogens is 218 g/mol. The highest BCUT2D eigenvalue weighted by Gasteiger charge is 2.09. The largest absolute Gasteiger partial charge is 0.319 e. The van der Waals surface area contributed by atoms with Gasteiger partial charge >= 0.3 is 0 Å². The fraction of sp³-hybridized carbons (Fsp3) is 0.333. The van der Waals surface area contributed by atoms with Crippen LogP contribution in [0, 0.1) is 6.92 Å². The molecule has 0 bridgehead atoms. The molecule has 0 spiro atoms. The van der Waals surface area contributed by atoms with Crippen molar-refractivity contribution in [1.29, 1.82) is 0 Å². The summed E-state index contributed by atoms with van der Waals surface area (Å²) in [5.41, 5.74) is 2.14. The van der Waals surface area contributed by atoms with Gasteiger partial charge in [-0.25, -0.2) is 4.98 Å². The quantitative estimate of drug-likeness (QED) is 0.880. The Morgan fingerprint density at radius 1 is 1.38 bits per heavy atom. The van der Waals surface area contributed by atoms with Gasteiger partial charge < -0.3 is 5.32 Å². The van der Waals surface area contributed by atoms with Gasteiger partial charge in [-0.1, -0.05) is 6.07 Å². The predicted octanol–water partition coefficient (Wildman–Crippen LogP) is 2.28. The van der Waals surface area contributed by atoms with Gasteiger partial charge in [-0.05, 0) is 26.1 Å². The first kappa shape index (κ1) is 11.2. The molecule has 0 aliphatic carbocycles. The summed E-state index contributed by atoms with van der Waals surface area (Å²) in [7, 11) is 1.96. The van der Waals surface area contributed by atoms with Crippen LogP contribution in [-0.4, -0.2) is 23.6 Å². The molecule has 4 heteroatoms. The van der Waals surface area contributed by atoms with Crippen LogP contribution < -0.4 is 5.32 Å². The second-order valence-electron chi connectivity index (χ2n) is 3.59. The Morgan fingerprint density at radius 3 is 2.94 bits per heavy atom. The lowest BCUT2D eigenvalue weighted by atomic mass is 10.3. The van der Waals surface area contributed by atoms with Crippen molar-refractivity contribution in [3.63, 3.8) is 0 Å². The minimum Gasteiger partial charge on any atom is -0.319 e. The number of nitrogens with zero attached hydrogens (tertiary/aromatic N) is 2. The molecular formula is C12H15N3S. The van der Waals surface area contributed by atoms with Gasteiger partial charge in [-0.15, -0.1) is 11.3 Å². The van der Waals surface area contributed by atoms with Gasteiger partial charge in [0.15, 0.2) is 0 Å². The maximum Gasteiger partial charge on any atom is 0.142 e. The first-order chi connectivity index (χ1) is 7.81. The molecule has 0 aliphatic heterocycles. The fourth-order valence-electron chi connectivity index (χ4n) is 1.50. The van der Waals surface area contributed by atoms with Crippen LogP contribution in [0.3, 0.4) is 0 Å². The molecule has 3 nitrogen and oxygen atoms in total. The molecule has 0 saturated carbocycles. The van der Waals surface area contributed by atoms with Gasteiger partial charge in [-0.2, -0.15) is 0 Å². The van der Waals surface area contributed by atoms with E-state index in [1.54, 1.807) is 17.5 Å². The molecule has 2 aromatic heterocycles. The highest BCUT2D eigenvalue weighted by atomic mass is 32.1. The Bertz CT molecular complexity index is 451. The SMILES string of the molecule is CNCCc1nc(-c2ccccn2)sc1C. The van der Waals surface area contributed by atoms with E-state index in [0.29, 0.717) is 0 Å². The highest BCUT2D eigenvalue weighted by molar-refractivity contribution is 7.15. The molecule has 0 radical (unpaired) electrons. The summed E-state index contributed by atoms with van der Waals surface area (Å²) in [6.45, 7) is 3.08. The van der Waals surface area contributed by atoms with E-state index in [4.69, 9.17) is 0 Å². The number of nitrogens with one attached hydrogen (secondary N) is 1. The Kier molecular flexibility index (Phi) is 3.64. The van der Waals surface area contributed by atoms with Gasteiger partial charge in [0.1, 0.15) is 5.01 Å². The molecule has 84 valence electrons. The summed E-state index contributed by atoms with van der Waals surface area (Å²) in [6.07, 6.45) is 2.78. The van der Waals surface area contributed by atoms with Crippen molar-refractivity contribution in [2.75, 3.05) is 13.6 Å². The Hall–Kier alpha value is -1.26. The number of pyridine rings is 1. The van der Waals surface area contributed by atoms with E-state index < -0.39 is 0 Å². The maximum atomic E-state index is 4.63. The number of aryl methyl sites for hydroxylation is 1. The van der Waals surface area contributed by atoms with Crippen LogP contribution in [0.1, 0.15) is 10.6 Å². The second kappa shape index (κ2) is 5.18. The monoisotopic (exact) mass is 233 g/mol. The lowest BCUT2D eigenvalue weighted by Crippen LogP contribution is -2.10. The summed E-state index contributed by atoms with van der Waals surface area (Å²) in [6, 6.07) is 5.92. The van der Waals surface area contributed by atoms with Gasteiger partial charge in [0.25, 0.3) is 0 Å². The highest BCUT2D eigenvalue weighted by Crippen LogP contribution is 2.25. The number of likely N-dealkylation sites (N-methyl/N-ethyl adjacent to an activating group) is 1. The minimum atomic E-state index is 0.964. The van der Waals surface area contributed by atoms with Crippen LogP contribution in [0.4, 0.5) is 0 Å². The van der Waals surface area contributed by atoms with E-state index in [-0.39, 0.29) is 0 Å². The van der Waals surface area contributed by atoms with Crippen LogP contribution >= 0.6 is 11.3 Å². The molecule has 16 heavy (non-hydrogen) atoms. The molecule has 0 unspecified atom stereocenters. The van der Waals surface area contributed by atoms with Crippen LogP contribution in [-0.2, 0) is 6.42 Å². The van der Waals surface area contributed by atoms with E-state index in [2.05, 4.69) is 22.2 Å². The average molecular weight is 233 g/mol. The normalized spacial score (nSPS) is 10.6. The van der Waals surface area contributed by atoms with Crippen molar-refractivity contribution in [2.45, 2.75) is 13.3 Å². The van der Waals surface area contributed by atoms with E-state index >= 15 is 0 Å². The van der Waals surface area contributed by atoms with Crippen molar-refractivity contribution in [3.8, 4) is 10.7 Å². The second-order valence-corrected chi connectivity index (χ2v) is 4.79. The van der Waals surface area contributed by atoms with E-state index in [1.807, 2.05) is 25.2 Å². The topological polar surface area (TPSA) is 37.8 Å². The molecule has 1 N–H and O–H groups in total. The molecule has 2 aromatic rings. The minimum absolute atomic E-state index is 0.964. The van der Waals surface area contributed by atoms with Crippen molar-refractivity contribution >= 4 is 11.3 Å². The third-order valence-corrected chi connectivity index (χ3v) is 3.42. The van der Waals surface area contributed by atoms with Crippen LogP contribution in [0.5, 0.6) is 0 Å². The van der Waals surface area contributed by atoms with E-state index in [0.717, 1.165) is 23.7 Å². The summed E-state index contributed by atoms with van der Waals surface area (Å²) in [4.78, 5) is 10.2. The first-order valence-corrected chi connectivity index (χ1v) is 6.15. The molecule has 0 fully saturated rings. The van der Waals surface area contributed by atoms with Crippen LogP contribution in [0.15, 0.2) is 24.4 Å². The fourth-order valence-corrected chi connectivity index (χ4v) is 2.44. The standard InChI is InChI=1S/C12H15N3S/c1-9-10(6-8-13-2)15-12(16-9)11-5-3-4-7-14-11/h3-5,7,13H,6,8H2,1-2H3. The summed E-state index contributed by atoms with van der Waals surface area (Å²) in [5, 5.41) is 4.16. The van der Waals surface area contributed by atoms with E-state index in [1.165, 1.54) is 10.6 Å². The number of thiazole rings is 1. The zero-order valence-corrected chi connectivity index (χ0v) is 10.3. The number of hydrogen-bond donors (Lipinski definition) is 1. The lowest BCUT2D eigenvalue weighted by Gasteiger charge is -1.96. The molecule has 0 atom stereocenters. The van der Waals surface area contributed by atoms with Crippen molar-refractivity contribution in [3.05, 3.63) is 35.0 Å².